The van der Waals surface area contributed by atoms with Crippen LogP contribution >= 0.6 is 0 Å². The fraction of sp³-hybridized carbons (Fsp3) is 0.375. The van der Waals surface area contributed by atoms with E-state index in [2.05, 4.69) is 10.4 Å². The molecule has 1 amide bonds. The first kappa shape index (κ1) is 16.7. The predicted molar refractivity (Wildman–Crippen MR) is 84.9 cm³/mol. The third kappa shape index (κ3) is 4.64. The lowest BCUT2D eigenvalue weighted by Gasteiger charge is -2.10. The summed E-state index contributed by atoms with van der Waals surface area (Å²) >= 11 is 0. The van der Waals surface area contributed by atoms with E-state index in [4.69, 9.17) is 4.74 Å². The van der Waals surface area contributed by atoms with Crippen LogP contribution in [0.2, 0.25) is 0 Å². The second kappa shape index (κ2) is 7.53. The van der Waals surface area contributed by atoms with Gasteiger partial charge < -0.3 is 10.1 Å². The highest BCUT2D eigenvalue weighted by atomic mass is 16.5. The highest BCUT2D eigenvalue weighted by Crippen LogP contribution is 2.08. The van der Waals surface area contributed by atoms with Crippen LogP contribution < -0.4 is 10.7 Å². The molecule has 122 valence electrons. The lowest BCUT2D eigenvalue weighted by atomic mass is 10.2. The number of rotatable bonds is 6. The number of esters is 1. The molecular weight excluding hydrogens is 298 g/mol. The quantitative estimate of drug-likeness (QED) is 0.798. The molecule has 0 spiro atoms. The molecule has 0 fully saturated rings. The molecule has 0 radical (unpaired) electrons. The Labute approximate surface area is 133 Å². The number of aryl methyl sites for hydroxylation is 1. The van der Waals surface area contributed by atoms with Crippen molar-refractivity contribution in [3.8, 4) is 0 Å². The maximum Gasteiger partial charge on any atom is 0.308 e. The van der Waals surface area contributed by atoms with E-state index in [1.807, 2.05) is 13.8 Å². The van der Waals surface area contributed by atoms with Gasteiger partial charge in [0.1, 0.15) is 0 Å². The van der Waals surface area contributed by atoms with Gasteiger partial charge in [-0.25, -0.2) is 0 Å². The van der Waals surface area contributed by atoms with Crippen LogP contribution in [0.1, 0.15) is 20.3 Å². The first-order chi connectivity index (χ1) is 11.0. The molecule has 0 aliphatic carbocycles. The Morgan fingerprint density at radius 3 is 2.78 bits per heavy atom. The summed E-state index contributed by atoms with van der Waals surface area (Å²) in [5.41, 5.74) is 0.495. The number of hydrogen-bond acceptors (Lipinski definition) is 5. The molecular formula is C16H19N3O4. The predicted octanol–water partition coefficient (Wildman–Crippen LogP) is 0.854. The van der Waals surface area contributed by atoms with Crippen molar-refractivity contribution in [3.05, 3.63) is 40.7 Å². The molecule has 2 aromatic rings. The molecule has 0 aliphatic rings. The van der Waals surface area contributed by atoms with E-state index in [9.17, 15) is 14.4 Å². The van der Waals surface area contributed by atoms with Gasteiger partial charge >= 0.3 is 5.97 Å². The van der Waals surface area contributed by atoms with E-state index in [0.717, 1.165) is 0 Å². The molecule has 0 saturated heterocycles. The number of benzene rings is 1. The maximum absolute atomic E-state index is 11.7. The highest BCUT2D eigenvalue weighted by Gasteiger charge is 2.10. The smallest absolute Gasteiger partial charge is 0.308 e. The van der Waals surface area contributed by atoms with Crippen molar-refractivity contribution in [2.75, 3.05) is 6.61 Å². The zero-order valence-corrected chi connectivity index (χ0v) is 13.1. The topological polar surface area (TPSA) is 90.3 Å². The molecule has 0 aliphatic heterocycles. The fourth-order valence-corrected chi connectivity index (χ4v) is 2.12. The maximum atomic E-state index is 11.7. The van der Waals surface area contributed by atoms with Gasteiger partial charge in [-0.3, -0.25) is 19.1 Å². The van der Waals surface area contributed by atoms with Gasteiger partial charge in [-0.05, 0) is 26.0 Å². The molecule has 1 aromatic heterocycles. The van der Waals surface area contributed by atoms with Gasteiger partial charge in [0.25, 0.3) is 5.91 Å². The molecule has 2 rings (SSSR count). The second-order valence-electron chi connectivity index (χ2n) is 5.38. The number of ether oxygens (including phenoxy) is 1. The summed E-state index contributed by atoms with van der Waals surface area (Å²) in [4.78, 5) is 34.8. The van der Waals surface area contributed by atoms with Crippen LogP contribution in [0.3, 0.4) is 0 Å². The Kier molecular flexibility index (Phi) is 5.46. The minimum atomic E-state index is -0.492. The van der Waals surface area contributed by atoms with E-state index in [1.54, 1.807) is 28.9 Å². The molecule has 0 atom stereocenters. The Morgan fingerprint density at radius 1 is 1.30 bits per heavy atom. The van der Waals surface area contributed by atoms with Gasteiger partial charge in [-0.2, -0.15) is 5.10 Å². The van der Waals surface area contributed by atoms with Gasteiger partial charge in [0.2, 0.25) is 5.43 Å². The van der Waals surface area contributed by atoms with E-state index in [0.29, 0.717) is 10.9 Å². The second-order valence-corrected chi connectivity index (χ2v) is 5.38. The summed E-state index contributed by atoms with van der Waals surface area (Å²) in [5, 5.41) is 7.21. The summed E-state index contributed by atoms with van der Waals surface area (Å²) in [7, 11) is 0. The molecule has 0 saturated carbocycles. The SMILES string of the molecule is CC(C)NC(=O)COC(=O)CCn1ncc(=O)c2ccccc21. The van der Waals surface area contributed by atoms with Crippen LogP contribution in [-0.4, -0.2) is 34.3 Å². The largest absolute Gasteiger partial charge is 0.456 e. The van der Waals surface area contributed by atoms with Crippen molar-refractivity contribution >= 4 is 22.8 Å². The molecule has 7 heteroatoms. The van der Waals surface area contributed by atoms with Crippen molar-refractivity contribution < 1.29 is 14.3 Å². The van der Waals surface area contributed by atoms with Crippen molar-refractivity contribution in [3.63, 3.8) is 0 Å². The summed E-state index contributed by atoms with van der Waals surface area (Å²) in [5.74, 6) is -0.825. The minimum absolute atomic E-state index is 0.00192. The van der Waals surface area contributed by atoms with Gasteiger partial charge in [0.15, 0.2) is 6.61 Å². The molecule has 0 bridgehead atoms. The summed E-state index contributed by atoms with van der Waals surface area (Å²) in [6, 6.07) is 7.05. The average Bonchev–Trinajstić information content (AvgIpc) is 2.52. The lowest BCUT2D eigenvalue weighted by Crippen LogP contribution is -2.34. The van der Waals surface area contributed by atoms with E-state index < -0.39 is 5.97 Å². The van der Waals surface area contributed by atoms with Crippen molar-refractivity contribution in [1.29, 1.82) is 0 Å². The number of nitrogens with zero attached hydrogens (tertiary/aromatic N) is 2. The van der Waals surface area contributed by atoms with Gasteiger partial charge in [-0.1, -0.05) is 12.1 Å². The van der Waals surface area contributed by atoms with E-state index in [1.165, 1.54) is 6.20 Å². The number of carbonyl (C=O) groups excluding carboxylic acids is 2. The molecule has 0 unspecified atom stereocenters. The zero-order chi connectivity index (χ0) is 16.8. The van der Waals surface area contributed by atoms with Crippen LogP contribution in [0.5, 0.6) is 0 Å². The fourth-order valence-electron chi connectivity index (χ4n) is 2.12. The molecule has 7 nitrogen and oxygen atoms in total. The summed E-state index contributed by atoms with van der Waals surface area (Å²) < 4.78 is 6.48. The molecule has 1 heterocycles. The van der Waals surface area contributed by atoms with Crippen molar-refractivity contribution in [2.45, 2.75) is 32.9 Å². The van der Waals surface area contributed by atoms with Crippen LogP contribution in [0.15, 0.2) is 35.3 Å². The van der Waals surface area contributed by atoms with Gasteiger partial charge in [0, 0.05) is 11.4 Å². The Morgan fingerprint density at radius 2 is 2.04 bits per heavy atom. The number of amides is 1. The molecule has 1 aromatic carbocycles. The van der Waals surface area contributed by atoms with E-state index >= 15 is 0 Å². The lowest BCUT2D eigenvalue weighted by molar-refractivity contribution is -0.148. The van der Waals surface area contributed by atoms with Gasteiger partial charge in [-0.15, -0.1) is 0 Å². The zero-order valence-electron chi connectivity index (χ0n) is 13.1. The Bertz CT molecular complexity index is 767. The number of para-hydroxylation sites is 1. The van der Waals surface area contributed by atoms with Crippen LogP contribution in [0.25, 0.3) is 10.9 Å². The third-order valence-electron chi connectivity index (χ3n) is 3.10. The number of carbonyl (C=O) groups is 2. The number of aromatic nitrogens is 2. The summed E-state index contributed by atoms with van der Waals surface area (Å²) in [6.45, 7) is 3.63. The Balaban J connectivity index is 1.94. The average molecular weight is 317 g/mol. The van der Waals surface area contributed by atoms with E-state index in [-0.39, 0.29) is 37.0 Å². The third-order valence-corrected chi connectivity index (χ3v) is 3.10. The van der Waals surface area contributed by atoms with Crippen molar-refractivity contribution in [2.24, 2.45) is 0 Å². The monoisotopic (exact) mass is 317 g/mol. The standard InChI is InChI=1S/C16H19N3O4/c1-11(2)18-15(21)10-23-16(22)7-8-19-13-6-4-3-5-12(13)14(20)9-17-19/h3-6,9,11H,7-8,10H2,1-2H3,(H,18,21). The number of hydrogen-bond donors (Lipinski definition) is 1. The van der Waals surface area contributed by atoms with Crippen molar-refractivity contribution in [1.82, 2.24) is 15.1 Å². The minimum Gasteiger partial charge on any atom is -0.456 e. The summed E-state index contributed by atoms with van der Waals surface area (Å²) in [6.07, 6.45) is 1.29. The number of fused-ring (bicyclic) bond motifs is 1. The van der Waals surface area contributed by atoms with Gasteiger partial charge in [0.05, 0.1) is 24.7 Å². The highest BCUT2D eigenvalue weighted by molar-refractivity contribution is 5.81. The first-order valence-corrected chi connectivity index (χ1v) is 7.37. The van der Waals surface area contributed by atoms with Crippen LogP contribution in [0.4, 0.5) is 0 Å². The normalized spacial score (nSPS) is 10.7. The van der Waals surface area contributed by atoms with Crippen LogP contribution in [-0.2, 0) is 20.9 Å². The molecule has 23 heavy (non-hydrogen) atoms. The first-order valence-electron chi connectivity index (χ1n) is 7.37. The Hall–Kier alpha value is -2.70. The van der Waals surface area contributed by atoms with Crippen LogP contribution in [0, 0.1) is 0 Å². The molecule has 1 N–H and O–H groups in total. The number of nitrogens with one attached hydrogen (secondary N) is 1.